The summed E-state index contributed by atoms with van der Waals surface area (Å²) in [6, 6.07) is 3.02. The van der Waals surface area contributed by atoms with Gasteiger partial charge in [-0.2, -0.15) is 0 Å². The van der Waals surface area contributed by atoms with E-state index < -0.39 is 24.5 Å². The lowest BCUT2D eigenvalue weighted by Gasteiger charge is -2.23. The minimum Gasteiger partial charge on any atom is -0.504 e. The Bertz CT molecular complexity index is 502. The molecule has 110 valence electrons. The summed E-state index contributed by atoms with van der Waals surface area (Å²) in [6.07, 6.45) is 0. The van der Waals surface area contributed by atoms with Gasteiger partial charge in [-0.3, -0.25) is 14.5 Å². The number of hydrogen-bond donors (Lipinski definition) is 3. The Kier molecular flexibility index (Phi) is 5.33. The first-order valence-electron chi connectivity index (χ1n) is 5.97. The van der Waals surface area contributed by atoms with Crippen molar-refractivity contribution in [1.82, 2.24) is 4.90 Å². The molecular formula is C13H17NO6. The van der Waals surface area contributed by atoms with Crippen molar-refractivity contribution in [2.75, 3.05) is 20.2 Å². The quantitative estimate of drug-likeness (QED) is 0.683. The third-order valence-electron chi connectivity index (χ3n) is 2.66. The van der Waals surface area contributed by atoms with Crippen LogP contribution in [0.3, 0.4) is 0 Å². The van der Waals surface area contributed by atoms with E-state index in [1.165, 1.54) is 30.1 Å². The molecule has 7 heteroatoms. The molecule has 1 atom stereocenters. The third-order valence-corrected chi connectivity index (χ3v) is 2.66. The van der Waals surface area contributed by atoms with Crippen molar-refractivity contribution in [3.8, 4) is 11.5 Å². The van der Waals surface area contributed by atoms with Crippen LogP contribution in [0.15, 0.2) is 18.2 Å². The summed E-state index contributed by atoms with van der Waals surface area (Å²) in [5, 5.41) is 27.6. The fraction of sp³-hybridized carbons (Fsp3) is 0.385. The largest absolute Gasteiger partial charge is 0.504 e. The number of phenolic OH excluding ortho intramolecular Hbond substituents is 1. The molecule has 0 aliphatic carbocycles. The molecule has 1 unspecified atom stereocenters. The highest BCUT2D eigenvalue weighted by Gasteiger charge is 2.27. The number of hydrogen-bond acceptors (Lipinski definition) is 5. The lowest BCUT2D eigenvalue weighted by molar-refractivity contribution is -0.145. The smallest absolute Gasteiger partial charge is 0.325 e. The molecule has 1 aromatic carbocycles. The van der Waals surface area contributed by atoms with Gasteiger partial charge in [-0.25, -0.2) is 0 Å². The number of phenols is 1. The van der Waals surface area contributed by atoms with E-state index in [2.05, 4.69) is 0 Å². The molecule has 1 rings (SSSR count). The Labute approximate surface area is 116 Å². The Balaban J connectivity index is 3.12. The number of aromatic hydroxyl groups is 1. The molecular weight excluding hydrogens is 266 g/mol. The van der Waals surface area contributed by atoms with Crippen LogP contribution in [-0.4, -0.2) is 52.4 Å². The van der Waals surface area contributed by atoms with Crippen LogP contribution in [-0.2, 0) is 9.59 Å². The predicted molar refractivity (Wildman–Crippen MR) is 69.9 cm³/mol. The number of carboxylic acids is 2. The maximum absolute atomic E-state index is 11.3. The van der Waals surface area contributed by atoms with Gasteiger partial charge in [-0.05, 0) is 31.7 Å². The monoisotopic (exact) mass is 283 g/mol. The third kappa shape index (κ3) is 3.86. The standard InChI is InChI=1S/C13H17NO6/c1-3-20-10-6-8(4-5-9(10)15)12(13(18)19)14(2)7-11(16)17/h4-6,12,15H,3,7H2,1-2H3,(H,16,17)(H,18,19). The molecule has 1 aromatic rings. The summed E-state index contributed by atoms with van der Waals surface area (Å²) in [7, 11) is 1.40. The van der Waals surface area contributed by atoms with Crippen LogP contribution in [0.25, 0.3) is 0 Å². The average molecular weight is 283 g/mol. The number of rotatable bonds is 7. The van der Waals surface area contributed by atoms with Gasteiger partial charge in [0.15, 0.2) is 11.5 Å². The summed E-state index contributed by atoms with van der Waals surface area (Å²) >= 11 is 0. The van der Waals surface area contributed by atoms with Gasteiger partial charge < -0.3 is 20.1 Å². The molecule has 20 heavy (non-hydrogen) atoms. The van der Waals surface area contributed by atoms with E-state index in [1.54, 1.807) is 6.92 Å². The molecule has 0 saturated heterocycles. The summed E-state index contributed by atoms with van der Waals surface area (Å²) in [6.45, 7) is 1.64. The van der Waals surface area contributed by atoms with Gasteiger partial charge in [0, 0.05) is 0 Å². The number of carboxylic acid groups (broad SMARTS) is 2. The molecule has 0 aliphatic rings. The highest BCUT2D eigenvalue weighted by atomic mass is 16.5. The lowest BCUT2D eigenvalue weighted by atomic mass is 10.0. The average Bonchev–Trinajstić information content (AvgIpc) is 2.32. The molecule has 0 aliphatic heterocycles. The van der Waals surface area contributed by atoms with E-state index in [0.29, 0.717) is 12.2 Å². The summed E-state index contributed by atoms with van der Waals surface area (Å²) in [5.74, 6) is -2.23. The Morgan fingerprint density at radius 2 is 2.00 bits per heavy atom. The van der Waals surface area contributed by atoms with Crippen molar-refractivity contribution in [1.29, 1.82) is 0 Å². The number of carbonyl (C=O) groups is 2. The first kappa shape index (κ1) is 15.8. The molecule has 0 aromatic heterocycles. The predicted octanol–water partition coefficient (Wildman–Crippen LogP) is 0.933. The first-order chi connectivity index (χ1) is 9.36. The van der Waals surface area contributed by atoms with E-state index >= 15 is 0 Å². The summed E-state index contributed by atoms with van der Waals surface area (Å²) in [5.41, 5.74) is 0.336. The molecule has 3 N–H and O–H groups in total. The van der Waals surface area contributed by atoms with Crippen LogP contribution in [0.4, 0.5) is 0 Å². The normalized spacial score (nSPS) is 12.2. The van der Waals surface area contributed by atoms with Crippen molar-refractivity contribution >= 4 is 11.9 Å². The summed E-state index contributed by atoms with van der Waals surface area (Å²) in [4.78, 5) is 23.2. The van der Waals surface area contributed by atoms with Crippen molar-refractivity contribution in [3.63, 3.8) is 0 Å². The number of nitrogens with zero attached hydrogens (tertiary/aromatic N) is 1. The van der Waals surface area contributed by atoms with Gasteiger partial charge in [0.2, 0.25) is 0 Å². The number of likely N-dealkylation sites (N-methyl/N-ethyl adjacent to an activating group) is 1. The lowest BCUT2D eigenvalue weighted by Crippen LogP contribution is -2.34. The van der Waals surface area contributed by atoms with Crippen LogP contribution in [0.2, 0.25) is 0 Å². The van der Waals surface area contributed by atoms with Crippen LogP contribution < -0.4 is 4.74 Å². The SMILES string of the molecule is CCOc1cc(C(C(=O)O)N(C)CC(=O)O)ccc1O. The van der Waals surface area contributed by atoms with Crippen LogP contribution in [0.1, 0.15) is 18.5 Å². The minimum atomic E-state index is -1.18. The van der Waals surface area contributed by atoms with Gasteiger partial charge >= 0.3 is 11.9 Å². The second kappa shape index (κ2) is 6.76. The van der Waals surface area contributed by atoms with Crippen LogP contribution >= 0.6 is 0 Å². The van der Waals surface area contributed by atoms with Gasteiger partial charge in [0.1, 0.15) is 6.04 Å². The van der Waals surface area contributed by atoms with Gasteiger partial charge in [-0.15, -0.1) is 0 Å². The van der Waals surface area contributed by atoms with E-state index in [9.17, 15) is 19.8 Å². The Hall–Kier alpha value is -2.28. The number of ether oxygens (including phenoxy) is 1. The van der Waals surface area contributed by atoms with Gasteiger partial charge in [-0.1, -0.05) is 6.07 Å². The highest BCUT2D eigenvalue weighted by Crippen LogP contribution is 2.31. The highest BCUT2D eigenvalue weighted by molar-refractivity contribution is 5.77. The molecule has 0 amide bonds. The molecule has 0 fully saturated rings. The molecule has 0 radical (unpaired) electrons. The van der Waals surface area contributed by atoms with Gasteiger partial charge in [0.05, 0.1) is 13.2 Å². The Morgan fingerprint density at radius 1 is 1.35 bits per heavy atom. The second-order valence-corrected chi connectivity index (χ2v) is 4.21. The maximum atomic E-state index is 11.3. The maximum Gasteiger partial charge on any atom is 0.325 e. The number of aliphatic carboxylic acids is 2. The van der Waals surface area contributed by atoms with Crippen molar-refractivity contribution in [2.24, 2.45) is 0 Å². The van der Waals surface area contributed by atoms with Gasteiger partial charge in [0.25, 0.3) is 0 Å². The second-order valence-electron chi connectivity index (χ2n) is 4.21. The zero-order valence-electron chi connectivity index (χ0n) is 11.2. The molecule has 0 bridgehead atoms. The molecule has 0 saturated carbocycles. The first-order valence-corrected chi connectivity index (χ1v) is 5.97. The van der Waals surface area contributed by atoms with E-state index in [1.807, 2.05) is 0 Å². The molecule has 0 heterocycles. The topological polar surface area (TPSA) is 107 Å². The van der Waals surface area contributed by atoms with Crippen LogP contribution in [0.5, 0.6) is 11.5 Å². The van der Waals surface area contributed by atoms with E-state index in [-0.39, 0.29) is 11.5 Å². The number of benzene rings is 1. The van der Waals surface area contributed by atoms with Crippen molar-refractivity contribution in [2.45, 2.75) is 13.0 Å². The van der Waals surface area contributed by atoms with E-state index in [4.69, 9.17) is 9.84 Å². The van der Waals surface area contributed by atoms with Crippen molar-refractivity contribution < 1.29 is 29.6 Å². The Morgan fingerprint density at radius 3 is 2.50 bits per heavy atom. The fourth-order valence-corrected chi connectivity index (χ4v) is 1.86. The summed E-state index contributed by atoms with van der Waals surface area (Å²) < 4.78 is 5.19. The molecule has 0 spiro atoms. The van der Waals surface area contributed by atoms with Crippen molar-refractivity contribution in [3.05, 3.63) is 23.8 Å². The zero-order chi connectivity index (χ0) is 15.3. The van der Waals surface area contributed by atoms with Crippen LogP contribution in [0, 0.1) is 0 Å². The molecule has 7 nitrogen and oxygen atoms in total. The minimum absolute atomic E-state index is 0.0966. The fourth-order valence-electron chi connectivity index (χ4n) is 1.86. The zero-order valence-corrected chi connectivity index (χ0v) is 11.2. The van der Waals surface area contributed by atoms with E-state index in [0.717, 1.165) is 0 Å².